The van der Waals surface area contributed by atoms with Gasteiger partial charge in [-0.1, -0.05) is 22.0 Å². The van der Waals surface area contributed by atoms with Gasteiger partial charge in [-0.05, 0) is 37.3 Å². The van der Waals surface area contributed by atoms with Gasteiger partial charge in [0.1, 0.15) is 5.82 Å². The van der Waals surface area contributed by atoms with E-state index in [0.29, 0.717) is 10.0 Å². The van der Waals surface area contributed by atoms with Crippen LogP contribution < -0.4 is 0 Å². The lowest BCUT2D eigenvalue weighted by atomic mass is 10.1. The van der Waals surface area contributed by atoms with Crippen LogP contribution in [-0.4, -0.2) is 17.4 Å². The standard InChI is InChI=1S/C16H13BrF3NO/c1-2-21(9-10-8-11(17)6-7-13(10)18)16(22)12-4-3-5-14(19)15(12)20/h3-8H,2,9H2,1H3. The number of nitrogens with zero attached hydrogens (tertiary/aromatic N) is 1. The number of hydrogen-bond acceptors (Lipinski definition) is 1. The normalized spacial score (nSPS) is 10.6. The molecule has 0 N–H and O–H groups in total. The lowest BCUT2D eigenvalue weighted by Crippen LogP contribution is -2.31. The second-order valence-electron chi connectivity index (χ2n) is 4.66. The third kappa shape index (κ3) is 3.50. The van der Waals surface area contributed by atoms with Crippen LogP contribution >= 0.6 is 15.9 Å². The average molecular weight is 372 g/mol. The van der Waals surface area contributed by atoms with Crippen molar-refractivity contribution in [3.63, 3.8) is 0 Å². The maximum Gasteiger partial charge on any atom is 0.257 e. The van der Waals surface area contributed by atoms with Gasteiger partial charge in [-0.15, -0.1) is 0 Å². The van der Waals surface area contributed by atoms with E-state index < -0.39 is 23.4 Å². The van der Waals surface area contributed by atoms with Crippen molar-refractivity contribution in [2.45, 2.75) is 13.5 Å². The van der Waals surface area contributed by atoms with Gasteiger partial charge in [-0.2, -0.15) is 0 Å². The van der Waals surface area contributed by atoms with Gasteiger partial charge in [-0.3, -0.25) is 4.79 Å². The van der Waals surface area contributed by atoms with Crippen molar-refractivity contribution in [3.05, 3.63) is 69.4 Å². The predicted octanol–water partition coefficient (Wildman–Crippen LogP) is 4.53. The fourth-order valence-electron chi connectivity index (χ4n) is 2.04. The van der Waals surface area contributed by atoms with Gasteiger partial charge in [0.05, 0.1) is 5.56 Å². The van der Waals surface area contributed by atoms with Crippen LogP contribution in [0.25, 0.3) is 0 Å². The Morgan fingerprint density at radius 1 is 1.14 bits per heavy atom. The maximum absolute atomic E-state index is 13.8. The van der Waals surface area contributed by atoms with Crippen LogP contribution in [0.2, 0.25) is 0 Å². The Labute approximate surface area is 134 Å². The summed E-state index contributed by atoms with van der Waals surface area (Å²) < 4.78 is 41.4. The first-order valence-corrected chi connectivity index (χ1v) is 7.40. The van der Waals surface area contributed by atoms with E-state index in [1.54, 1.807) is 19.1 Å². The van der Waals surface area contributed by atoms with Crippen LogP contribution in [0.1, 0.15) is 22.8 Å². The zero-order chi connectivity index (χ0) is 16.3. The molecule has 0 saturated heterocycles. The Bertz CT molecular complexity index is 706. The van der Waals surface area contributed by atoms with Crippen molar-refractivity contribution in [2.75, 3.05) is 6.54 Å². The summed E-state index contributed by atoms with van der Waals surface area (Å²) in [5.74, 6) is -3.43. The van der Waals surface area contributed by atoms with Crippen molar-refractivity contribution < 1.29 is 18.0 Å². The summed E-state index contributed by atoms with van der Waals surface area (Å²) in [5.41, 5.74) is -0.0707. The minimum atomic E-state index is -1.19. The van der Waals surface area contributed by atoms with Gasteiger partial charge in [0.15, 0.2) is 11.6 Å². The SMILES string of the molecule is CCN(Cc1cc(Br)ccc1F)C(=O)c1cccc(F)c1F. The predicted molar refractivity (Wildman–Crippen MR) is 80.9 cm³/mol. The topological polar surface area (TPSA) is 20.3 Å². The fraction of sp³-hybridized carbons (Fsp3) is 0.188. The van der Waals surface area contributed by atoms with E-state index in [1.807, 2.05) is 0 Å². The average Bonchev–Trinajstić information content (AvgIpc) is 2.50. The number of halogens is 4. The second-order valence-corrected chi connectivity index (χ2v) is 5.57. The molecule has 6 heteroatoms. The molecule has 0 aliphatic rings. The molecule has 2 nitrogen and oxygen atoms in total. The Balaban J connectivity index is 2.30. The molecule has 0 heterocycles. The number of rotatable bonds is 4. The quantitative estimate of drug-likeness (QED) is 0.773. The first kappa shape index (κ1) is 16.5. The van der Waals surface area contributed by atoms with Gasteiger partial charge in [0, 0.05) is 23.1 Å². The van der Waals surface area contributed by atoms with Crippen LogP contribution in [0, 0.1) is 17.5 Å². The van der Waals surface area contributed by atoms with Gasteiger partial charge in [-0.25, -0.2) is 13.2 Å². The van der Waals surface area contributed by atoms with Gasteiger partial charge < -0.3 is 4.90 Å². The molecule has 0 aliphatic heterocycles. The van der Waals surface area contributed by atoms with E-state index in [9.17, 15) is 18.0 Å². The molecule has 116 valence electrons. The Hall–Kier alpha value is -1.82. The van der Waals surface area contributed by atoms with Crippen LogP contribution in [0.15, 0.2) is 40.9 Å². The summed E-state index contributed by atoms with van der Waals surface area (Å²) in [7, 11) is 0. The van der Waals surface area contributed by atoms with E-state index in [0.717, 1.165) is 6.07 Å². The van der Waals surface area contributed by atoms with E-state index in [2.05, 4.69) is 15.9 Å². The van der Waals surface area contributed by atoms with E-state index in [4.69, 9.17) is 0 Å². The van der Waals surface area contributed by atoms with Crippen molar-refractivity contribution in [2.24, 2.45) is 0 Å². The first-order chi connectivity index (χ1) is 10.4. The highest BCUT2D eigenvalue weighted by Gasteiger charge is 2.21. The largest absolute Gasteiger partial charge is 0.334 e. The molecule has 2 aromatic carbocycles. The molecule has 0 atom stereocenters. The number of carbonyl (C=O) groups is 1. The number of hydrogen-bond donors (Lipinski definition) is 0. The van der Waals surface area contributed by atoms with Gasteiger partial charge in [0.2, 0.25) is 0 Å². The van der Waals surface area contributed by atoms with Gasteiger partial charge in [0.25, 0.3) is 5.91 Å². The monoisotopic (exact) mass is 371 g/mol. The smallest absolute Gasteiger partial charge is 0.257 e. The molecule has 0 aliphatic carbocycles. The molecule has 0 aromatic heterocycles. The number of benzene rings is 2. The van der Waals surface area contributed by atoms with Crippen LogP contribution in [-0.2, 0) is 6.54 Å². The van der Waals surface area contributed by atoms with Crippen LogP contribution in [0.4, 0.5) is 13.2 Å². The van der Waals surface area contributed by atoms with Crippen molar-refractivity contribution >= 4 is 21.8 Å². The third-order valence-electron chi connectivity index (χ3n) is 3.22. The van der Waals surface area contributed by atoms with Crippen molar-refractivity contribution in [1.82, 2.24) is 4.90 Å². The Morgan fingerprint density at radius 2 is 1.86 bits per heavy atom. The minimum Gasteiger partial charge on any atom is -0.334 e. The minimum absolute atomic E-state index is 0.0312. The molecule has 0 unspecified atom stereocenters. The molecule has 2 aromatic rings. The van der Waals surface area contributed by atoms with Crippen LogP contribution in [0.3, 0.4) is 0 Å². The molecule has 0 spiro atoms. The maximum atomic E-state index is 13.8. The van der Waals surface area contributed by atoms with E-state index in [1.165, 1.54) is 23.1 Å². The zero-order valence-electron chi connectivity index (χ0n) is 11.7. The van der Waals surface area contributed by atoms with Gasteiger partial charge >= 0.3 is 0 Å². The van der Waals surface area contributed by atoms with Crippen molar-refractivity contribution in [1.29, 1.82) is 0 Å². The highest BCUT2D eigenvalue weighted by Crippen LogP contribution is 2.19. The molecule has 2 rings (SSSR count). The summed E-state index contributed by atoms with van der Waals surface area (Å²) in [6, 6.07) is 7.78. The molecular formula is C16H13BrF3NO. The summed E-state index contributed by atoms with van der Waals surface area (Å²) in [6.07, 6.45) is 0. The lowest BCUT2D eigenvalue weighted by Gasteiger charge is -2.22. The van der Waals surface area contributed by atoms with Crippen molar-refractivity contribution in [3.8, 4) is 0 Å². The second kappa shape index (κ2) is 6.96. The molecule has 22 heavy (non-hydrogen) atoms. The number of carbonyl (C=O) groups excluding carboxylic acids is 1. The third-order valence-corrected chi connectivity index (χ3v) is 3.71. The Morgan fingerprint density at radius 3 is 2.55 bits per heavy atom. The molecule has 0 radical (unpaired) electrons. The molecule has 0 bridgehead atoms. The molecule has 0 saturated carbocycles. The molecular weight excluding hydrogens is 359 g/mol. The molecule has 1 amide bonds. The summed E-state index contributed by atoms with van der Waals surface area (Å²) in [6.45, 7) is 1.89. The highest BCUT2D eigenvalue weighted by atomic mass is 79.9. The van der Waals surface area contributed by atoms with E-state index >= 15 is 0 Å². The summed E-state index contributed by atoms with van der Waals surface area (Å²) in [4.78, 5) is 13.6. The summed E-state index contributed by atoms with van der Waals surface area (Å²) in [5, 5.41) is 0. The zero-order valence-corrected chi connectivity index (χ0v) is 13.3. The highest BCUT2D eigenvalue weighted by molar-refractivity contribution is 9.10. The first-order valence-electron chi connectivity index (χ1n) is 6.61. The van der Waals surface area contributed by atoms with E-state index in [-0.39, 0.29) is 18.7 Å². The Kier molecular flexibility index (Phi) is 5.24. The summed E-state index contributed by atoms with van der Waals surface area (Å²) >= 11 is 3.23. The number of amides is 1. The fourth-order valence-corrected chi connectivity index (χ4v) is 2.45. The molecule has 0 fully saturated rings. The lowest BCUT2D eigenvalue weighted by molar-refractivity contribution is 0.0745. The van der Waals surface area contributed by atoms with Crippen LogP contribution in [0.5, 0.6) is 0 Å².